The number of hydrogen-bond donors (Lipinski definition) is 1. The first-order valence-electron chi connectivity index (χ1n) is 5.66. The number of carbonyl (C=O) groups excluding carboxylic acids is 2. The molecule has 102 valence electrons. The van der Waals surface area contributed by atoms with E-state index in [4.69, 9.17) is 5.73 Å². The number of benzene rings is 1. The number of nitrogens with two attached hydrogens (primary N) is 1. The van der Waals surface area contributed by atoms with Crippen LogP contribution in [-0.2, 0) is 4.79 Å². The molecule has 0 aliphatic carbocycles. The minimum absolute atomic E-state index is 0.201. The summed E-state index contributed by atoms with van der Waals surface area (Å²) in [4.78, 5) is 24.5. The lowest BCUT2D eigenvalue weighted by atomic mass is 10.1. The fourth-order valence-electron chi connectivity index (χ4n) is 2.20. The van der Waals surface area contributed by atoms with Crippen LogP contribution in [-0.4, -0.2) is 29.3 Å². The van der Waals surface area contributed by atoms with Gasteiger partial charge in [0.2, 0.25) is 5.91 Å². The molecule has 19 heavy (non-hydrogen) atoms. The van der Waals surface area contributed by atoms with Crippen LogP contribution < -0.4 is 5.73 Å². The lowest BCUT2D eigenvalue weighted by molar-refractivity contribution is -0.121. The average Bonchev–Trinajstić information content (AvgIpc) is 2.75. The lowest BCUT2D eigenvalue weighted by Gasteiger charge is -2.22. The highest BCUT2D eigenvalue weighted by Gasteiger charge is 2.35. The van der Waals surface area contributed by atoms with Gasteiger partial charge in [0, 0.05) is 11.0 Å². The first-order chi connectivity index (χ1) is 8.91. The summed E-state index contributed by atoms with van der Waals surface area (Å²) in [5, 5.41) is 0. The van der Waals surface area contributed by atoms with E-state index >= 15 is 0 Å². The van der Waals surface area contributed by atoms with E-state index in [0.717, 1.165) is 17.0 Å². The molecule has 1 aliphatic heterocycles. The zero-order chi connectivity index (χ0) is 14.2. The van der Waals surface area contributed by atoms with E-state index in [9.17, 15) is 18.4 Å². The van der Waals surface area contributed by atoms with Gasteiger partial charge >= 0.3 is 0 Å². The summed E-state index contributed by atoms with van der Waals surface area (Å²) < 4.78 is 27.6. The summed E-state index contributed by atoms with van der Waals surface area (Å²) in [6, 6.07) is 1.21. The average molecular weight is 333 g/mol. The Labute approximate surface area is 116 Å². The normalized spacial score (nSPS) is 18.7. The highest BCUT2D eigenvalue weighted by atomic mass is 79.9. The smallest absolute Gasteiger partial charge is 0.260 e. The largest absolute Gasteiger partial charge is 0.368 e. The Morgan fingerprint density at radius 2 is 1.89 bits per heavy atom. The van der Waals surface area contributed by atoms with Gasteiger partial charge in [-0.3, -0.25) is 9.59 Å². The van der Waals surface area contributed by atoms with Gasteiger partial charge in [0.15, 0.2) is 0 Å². The maximum absolute atomic E-state index is 13.7. The van der Waals surface area contributed by atoms with Crippen LogP contribution >= 0.6 is 15.9 Å². The molecule has 7 heteroatoms. The molecule has 2 rings (SSSR count). The first-order valence-corrected chi connectivity index (χ1v) is 6.46. The number of halogens is 3. The van der Waals surface area contributed by atoms with Crippen molar-refractivity contribution in [3.8, 4) is 0 Å². The Hall–Kier alpha value is -1.50. The molecule has 1 aromatic carbocycles. The second kappa shape index (κ2) is 5.24. The van der Waals surface area contributed by atoms with Crippen molar-refractivity contribution in [2.45, 2.75) is 18.9 Å². The predicted octanol–water partition coefficient (Wildman–Crippen LogP) is 1.82. The maximum atomic E-state index is 13.7. The molecule has 0 radical (unpaired) electrons. The van der Waals surface area contributed by atoms with E-state index in [1.807, 2.05) is 0 Å². The summed E-state index contributed by atoms with van der Waals surface area (Å²) in [6.07, 6.45) is 1.000. The van der Waals surface area contributed by atoms with Crippen LogP contribution in [0.3, 0.4) is 0 Å². The van der Waals surface area contributed by atoms with E-state index < -0.39 is 35.1 Å². The molecule has 1 fully saturated rings. The van der Waals surface area contributed by atoms with Gasteiger partial charge in [0.05, 0.1) is 0 Å². The van der Waals surface area contributed by atoms with E-state index in [-0.39, 0.29) is 11.0 Å². The number of primary amides is 1. The van der Waals surface area contributed by atoms with Crippen molar-refractivity contribution >= 4 is 27.7 Å². The van der Waals surface area contributed by atoms with Gasteiger partial charge in [-0.05, 0) is 25.0 Å². The van der Waals surface area contributed by atoms with Crippen LogP contribution in [0.5, 0.6) is 0 Å². The third-order valence-corrected chi connectivity index (χ3v) is 3.52. The molecular weight excluding hydrogens is 322 g/mol. The van der Waals surface area contributed by atoms with Crippen LogP contribution in [0.2, 0.25) is 0 Å². The van der Waals surface area contributed by atoms with Crippen LogP contribution in [0.15, 0.2) is 16.6 Å². The Balaban J connectivity index is 2.37. The van der Waals surface area contributed by atoms with Gasteiger partial charge < -0.3 is 10.6 Å². The van der Waals surface area contributed by atoms with Crippen molar-refractivity contribution in [2.75, 3.05) is 6.54 Å². The van der Waals surface area contributed by atoms with E-state index in [0.29, 0.717) is 12.8 Å². The van der Waals surface area contributed by atoms with Gasteiger partial charge in [0.25, 0.3) is 5.91 Å². The molecule has 0 bridgehead atoms. The quantitative estimate of drug-likeness (QED) is 0.897. The number of rotatable bonds is 2. The van der Waals surface area contributed by atoms with Crippen LogP contribution in [0.25, 0.3) is 0 Å². The summed E-state index contributed by atoms with van der Waals surface area (Å²) in [5.41, 5.74) is 4.52. The minimum Gasteiger partial charge on any atom is -0.368 e. The van der Waals surface area contributed by atoms with E-state index in [1.54, 1.807) is 0 Å². The fraction of sp³-hybridized carbons (Fsp3) is 0.333. The molecule has 1 saturated heterocycles. The third kappa shape index (κ3) is 2.60. The van der Waals surface area contributed by atoms with Gasteiger partial charge in [-0.25, -0.2) is 8.78 Å². The molecule has 1 unspecified atom stereocenters. The van der Waals surface area contributed by atoms with Crippen molar-refractivity contribution < 1.29 is 18.4 Å². The molecule has 2 N–H and O–H groups in total. The Morgan fingerprint density at radius 3 is 2.42 bits per heavy atom. The van der Waals surface area contributed by atoms with Gasteiger partial charge in [-0.2, -0.15) is 0 Å². The number of carbonyl (C=O) groups is 2. The predicted molar refractivity (Wildman–Crippen MR) is 67.3 cm³/mol. The fourth-order valence-corrected chi connectivity index (χ4v) is 2.60. The second-order valence-corrected chi connectivity index (χ2v) is 5.22. The molecule has 0 spiro atoms. The van der Waals surface area contributed by atoms with Crippen molar-refractivity contribution in [3.05, 3.63) is 33.8 Å². The molecule has 1 aromatic rings. The van der Waals surface area contributed by atoms with Crippen molar-refractivity contribution in [2.24, 2.45) is 5.73 Å². The summed E-state index contributed by atoms with van der Waals surface area (Å²) in [5.74, 6) is -3.44. The highest BCUT2D eigenvalue weighted by molar-refractivity contribution is 9.10. The number of hydrogen-bond acceptors (Lipinski definition) is 2. The number of nitrogens with zero attached hydrogens (tertiary/aromatic N) is 1. The number of amides is 2. The summed E-state index contributed by atoms with van der Waals surface area (Å²) in [7, 11) is 0. The lowest BCUT2D eigenvalue weighted by Crippen LogP contribution is -2.44. The minimum atomic E-state index is -0.966. The Morgan fingerprint density at radius 1 is 1.32 bits per heavy atom. The second-order valence-electron chi connectivity index (χ2n) is 4.30. The summed E-state index contributed by atoms with van der Waals surface area (Å²) >= 11 is 2.94. The molecule has 1 aliphatic rings. The zero-order valence-electron chi connectivity index (χ0n) is 9.83. The maximum Gasteiger partial charge on any atom is 0.260 e. The molecular formula is C12H11BrF2N2O2. The SMILES string of the molecule is NC(=O)C1CCCN1C(=O)c1c(F)cc(Br)cc1F. The van der Waals surface area contributed by atoms with Gasteiger partial charge in [-0.15, -0.1) is 0 Å². The van der Waals surface area contributed by atoms with Crippen molar-refractivity contribution in [1.29, 1.82) is 0 Å². The molecule has 1 atom stereocenters. The van der Waals surface area contributed by atoms with Gasteiger partial charge in [0.1, 0.15) is 23.2 Å². The molecule has 0 saturated carbocycles. The third-order valence-electron chi connectivity index (χ3n) is 3.06. The number of likely N-dealkylation sites (tertiary alicyclic amines) is 1. The molecule has 0 aromatic heterocycles. The standard InChI is InChI=1S/C12H11BrF2N2O2/c13-6-4-7(14)10(8(15)5-6)12(19)17-3-1-2-9(17)11(16)18/h4-5,9H,1-3H2,(H2,16,18). The van der Waals surface area contributed by atoms with Crippen molar-refractivity contribution in [1.82, 2.24) is 4.90 Å². The zero-order valence-corrected chi connectivity index (χ0v) is 11.4. The molecule has 1 heterocycles. The van der Waals surface area contributed by atoms with Crippen molar-refractivity contribution in [3.63, 3.8) is 0 Å². The molecule has 2 amide bonds. The van der Waals surface area contributed by atoms with E-state index in [1.165, 1.54) is 0 Å². The van der Waals surface area contributed by atoms with Crippen LogP contribution in [0.1, 0.15) is 23.2 Å². The topological polar surface area (TPSA) is 63.4 Å². The highest BCUT2D eigenvalue weighted by Crippen LogP contribution is 2.25. The van der Waals surface area contributed by atoms with E-state index in [2.05, 4.69) is 15.9 Å². The van der Waals surface area contributed by atoms with Gasteiger partial charge in [-0.1, -0.05) is 15.9 Å². The summed E-state index contributed by atoms with van der Waals surface area (Å²) in [6.45, 7) is 0.265. The monoisotopic (exact) mass is 332 g/mol. The Kier molecular flexibility index (Phi) is 3.84. The first kappa shape index (κ1) is 13.9. The van der Waals surface area contributed by atoms with Crippen LogP contribution in [0, 0.1) is 11.6 Å². The van der Waals surface area contributed by atoms with Crippen LogP contribution in [0.4, 0.5) is 8.78 Å². The Bertz CT molecular complexity index is 528. The molecule has 4 nitrogen and oxygen atoms in total.